The van der Waals surface area contributed by atoms with Crippen molar-refractivity contribution in [2.45, 2.75) is 26.2 Å². The van der Waals surface area contributed by atoms with E-state index in [9.17, 15) is 9.59 Å². The predicted molar refractivity (Wildman–Crippen MR) is 60.1 cm³/mol. The number of piperidine rings is 1. The first-order valence-electron chi connectivity index (χ1n) is 5.86. The van der Waals surface area contributed by atoms with Gasteiger partial charge in [0.1, 0.15) is 0 Å². The largest absolute Gasteiger partial charge is 0.481 e. The minimum absolute atomic E-state index is 0.0619. The van der Waals surface area contributed by atoms with Crippen molar-refractivity contribution in [3.8, 4) is 0 Å². The SMILES string of the molecule is CCNCCC(=O)N1CCC[C@H](C(=O)O)C1. The van der Waals surface area contributed by atoms with E-state index in [1.54, 1.807) is 4.90 Å². The van der Waals surface area contributed by atoms with Crippen LogP contribution >= 0.6 is 0 Å². The van der Waals surface area contributed by atoms with Crippen LogP contribution in [0.15, 0.2) is 0 Å². The second-order valence-electron chi connectivity index (χ2n) is 4.12. The third kappa shape index (κ3) is 3.81. The Morgan fingerprint density at radius 2 is 2.25 bits per heavy atom. The molecule has 1 aliphatic heterocycles. The highest BCUT2D eigenvalue weighted by Crippen LogP contribution is 2.17. The van der Waals surface area contributed by atoms with Gasteiger partial charge >= 0.3 is 5.97 Å². The molecule has 1 aliphatic rings. The maximum atomic E-state index is 11.7. The Hall–Kier alpha value is -1.10. The molecular formula is C11H20N2O3. The highest BCUT2D eigenvalue weighted by Gasteiger charge is 2.27. The molecule has 1 fully saturated rings. The Morgan fingerprint density at radius 3 is 2.88 bits per heavy atom. The van der Waals surface area contributed by atoms with Crippen molar-refractivity contribution in [1.82, 2.24) is 10.2 Å². The second-order valence-corrected chi connectivity index (χ2v) is 4.12. The molecule has 2 N–H and O–H groups in total. The lowest BCUT2D eigenvalue weighted by Crippen LogP contribution is -2.43. The first-order chi connectivity index (χ1) is 7.65. The molecule has 0 aliphatic carbocycles. The van der Waals surface area contributed by atoms with Gasteiger partial charge in [-0.1, -0.05) is 6.92 Å². The molecule has 0 unspecified atom stereocenters. The van der Waals surface area contributed by atoms with E-state index in [0.717, 1.165) is 13.0 Å². The highest BCUT2D eigenvalue weighted by molar-refractivity contribution is 5.78. The minimum Gasteiger partial charge on any atom is -0.481 e. The number of nitrogens with zero attached hydrogens (tertiary/aromatic N) is 1. The molecule has 5 nitrogen and oxygen atoms in total. The zero-order valence-corrected chi connectivity index (χ0v) is 9.74. The Labute approximate surface area is 95.8 Å². The van der Waals surface area contributed by atoms with Gasteiger partial charge in [-0.05, 0) is 19.4 Å². The quantitative estimate of drug-likeness (QED) is 0.664. The van der Waals surface area contributed by atoms with Gasteiger partial charge in [0, 0.05) is 26.1 Å². The lowest BCUT2D eigenvalue weighted by atomic mass is 9.98. The number of amides is 1. The van der Waals surface area contributed by atoms with Crippen LogP contribution in [0.2, 0.25) is 0 Å². The van der Waals surface area contributed by atoms with E-state index in [-0.39, 0.29) is 11.8 Å². The first-order valence-corrected chi connectivity index (χ1v) is 5.86. The molecule has 92 valence electrons. The van der Waals surface area contributed by atoms with Crippen LogP contribution in [0.4, 0.5) is 0 Å². The summed E-state index contributed by atoms with van der Waals surface area (Å²) in [6.07, 6.45) is 1.94. The predicted octanol–water partition coefficient (Wildman–Crippen LogP) is 0.309. The van der Waals surface area contributed by atoms with Gasteiger partial charge in [-0.2, -0.15) is 0 Å². The van der Waals surface area contributed by atoms with Crippen molar-refractivity contribution in [3.05, 3.63) is 0 Å². The monoisotopic (exact) mass is 228 g/mol. The van der Waals surface area contributed by atoms with Crippen LogP contribution in [0, 0.1) is 5.92 Å². The normalized spacial score (nSPS) is 20.8. The topological polar surface area (TPSA) is 69.6 Å². The van der Waals surface area contributed by atoms with Crippen molar-refractivity contribution in [1.29, 1.82) is 0 Å². The molecular weight excluding hydrogens is 208 g/mol. The molecule has 1 saturated heterocycles. The molecule has 0 saturated carbocycles. The van der Waals surface area contributed by atoms with Crippen LogP contribution < -0.4 is 5.32 Å². The summed E-state index contributed by atoms with van der Waals surface area (Å²) < 4.78 is 0. The summed E-state index contributed by atoms with van der Waals surface area (Å²) in [5.41, 5.74) is 0. The van der Waals surface area contributed by atoms with Gasteiger partial charge in [0.2, 0.25) is 5.91 Å². The third-order valence-electron chi connectivity index (χ3n) is 2.89. The molecule has 0 spiro atoms. The van der Waals surface area contributed by atoms with Crippen LogP contribution in [0.1, 0.15) is 26.2 Å². The fourth-order valence-electron chi connectivity index (χ4n) is 1.94. The Bertz CT molecular complexity index is 256. The van der Waals surface area contributed by atoms with Crippen LogP contribution in [-0.2, 0) is 9.59 Å². The van der Waals surface area contributed by atoms with Gasteiger partial charge < -0.3 is 15.3 Å². The summed E-state index contributed by atoms with van der Waals surface area (Å²) in [5, 5.41) is 12.0. The van der Waals surface area contributed by atoms with Gasteiger partial charge in [0.25, 0.3) is 0 Å². The molecule has 5 heteroatoms. The van der Waals surface area contributed by atoms with Crippen LogP contribution in [0.5, 0.6) is 0 Å². The van der Waals surface area contributed by atoms with Crippen molar-refractivity contribution < 1.29 is 14.7 Å². The van der Waals surface area contributed by atoms with Gasteiger partial charge in [0.15, 0.2) is 0 Å². The number of hydrogen-bond donors (Lipinski definition) is 2. The van der Waals surface area contributed by atoms with Crippen LogP contribution in [-0.4, -0.2) is 48.1 Å². The number of carbonyl (C=O) groups excluding carboxylic acids is 1. The first kappa shape index (κ1) is 13.0. The fraction of sp³-hybridized carbons (Fsp3) is 0.818. The summed E-state index contributed by atoms with van der Waals surface area (Å²) in [6.45, 7) is 4.59. The summed E-state index contributed by atoms with van der Waals surface area (Å²) in [5.74, 6) is -1.10. The molecule has 0 bridgehead atoms. The standard InChI is InChI=1S/C11H20N2O3/c1-2-12-6-5-10(14)13-7-3-4-9(8-13)11(15)16/h9,12H,2-8H2,1H3,(H,15,16)/t9-/m0/s1. The van der Waals surface area contributed by atoms with Gasteiger partial charge in [-0.15, -0.1) is 0 Å². The average Bonchev–Trinajstić information content (AvgIpc) is 2.29. The Morgan fingerprint density at radius 1 is 1.50 bits per heavy atom. The van der Waals surface area contributed by atoms with Crippen molar-refractivity contribution in [3.63, 3.8) is 0 Å². The molecule has 1 rings (SSSR count). The van der Waals surface area contributed by atoms with E-state index in [0.29, 0.717) is 32.5 Å². The Balaban J connectivity index is 2.35. The second kappa shape index (κ2) is 6.48. The number of nitrogens with one attached hydrogen (secondary N) is 1. The zero-order chi connectivity index (χ0) is 12.0. The summed E-state index contributed by atoms with van der Waals surface area (Å²) in [6, 6.07) is 0. The highest BCUT2D eigenvalue weighted by atomic mass is 16.4. The van der Waals surface area contributed by atoms with E-state index in [4.69, 9.17) is 5.11 Å². The smallest absolute Gasteiger partial charge is 0.308 e. The Kier molecular flexibility index (Phi) is 5.25. The van der Waals surface area contributed by atoms with E-state index >= 15 is 0 Å². The summed E-state index contributed by atoms with van der Waals surface area (Å²) >= 11 is 0. The maximum Gasteiger partial charge on any atom is 0.308 e. The van der Waals surface area contributed by atoms with Gasteiger partial charge in [-0.25, -0.2) is 0 Å². The van der Waals surface area contributed by atoms with Crippen LogP contribution in [0.25, 0.3) is 0 Å². The van der Waals surface area contributed by atoms with Crippen molar-refractivity contribution in [2.24, 2.45) is 5.92 Å². The lowest BCUT2D eigenvalue weighted by Gasteiger charge is -2.30. The van der Waals surface area contributed by atoms with E-state index in [1.807, 2.05) is 6.92 Å². The average molecular weight is 228 g/mol. The fourth-order valence-corrected chi connectivity index (χ4v) is 1.94. The zero-order valence-electron chi connectivity index (χ0n) is 9.74. The molecule has 0 radical (unpaired) electrons. The minimum atomic E-state index is -0.788. The van der Waals surface area contributed by atoms with Gasteiger partial charge in [-0.3, -0.25) is 9.59 Å². The molecule has 1 heterocycles. The lowest BCUT2D eigenvalue weighted by molar-refractivity contribution is -0.145. The number of carbonyl (C=O) groups is 2. The number of aliphatic carboxylic acids is 1. The molecule has 0 aromatic heterocycles. The molecule has 0 aromatic carbocycles. The van der Waals surface area contributed by atoms with E-state index in [2.05, 4.69) is 5.32 Å². The molecule has 1 atom stereocenters. The number of rotatable bonds is 5. The number of hydrogen-bond acceptors (Lipinski definition) is 3. The summed E-state index contributed by atoms with van der Waals surface area (Å²) in [4.78, 5) is 24.2. The molecule has 16 heavy (non-hydrogen) atoms. The maximum absolute atomic E-state index is 11.7. The van der Waals surface area contributed by atoms with Gasteiger partial charge in [0.05, 0.1) is 5.92 Å². The number of likely N-dealkylation sites (tertiary alicyclic amines) is 1. The number of carboxylic acids is 1. The molecule has 0 aromatic rings. The van der Waals surface area contributed by atoms with Crippen LogP contribution in [0.3, 0.4) is 0 Å². The van der Waals surface area contributed by atoms with Crippen molar-refractivity contribution in [2.75, 3.05) is 26.2 Å². The van der Waals surface area contributed by atoms with E-state index in [1.165, 1.54) is 0 Å². The van der Waals surface area contributed by atoms with Crippen molar-refractivity contribution >= 4 is 11.9 Å². The summed E-state index contributed by atoms with van der Waals surface area (Å²) in [7, 11) is 0. The number of carboxylic acid groups (broad SMARTS) is 1. The van der Waals surface area contributed by atoms with E-state index < -0.39 is 5.97 Å². The molecule has 1 amide bonds. The third-order valence-corrected chi connectivity index (χ3v) is 2.89.